The Hall–Kier alpha value is -4.33. The third-order valence-corrected chi connectivity index (χ3v) is 17.9. The number of methoxy groups -OCH3 is 1. The number of nitrogens with zero attached hydrogens (tertiary/aromatic N) is 2. The molecule has 12 heteroatoms. The summed E-state index contributed by atoms with van der Waals surface area (Å²) in [5, 5.41) is 17.9. The first-order valence-corrected chi connectivity index (χ1v) is 23.9. The highest BCUT2D eigenvalue weighted by molar-refractivity contribution is 9.10. The molecule has 0 bridgehead atoms. The standard InChI is InChI=1S/C45H51BrN4O6Si/c1-28-42(57(3,4)36-18-16-35(55-2)17-19-36)40(24-41(52)49-26-31-9-6-5-8-30(31)22-34(49)27-51)56-45(28)37-23-32(46)13-20-39(37)50(44(45)54)25-29-11-14-33(15-12-29)48-43(53)38-10-7-21-47-38/h5-6,8-9,11-20,23,28,34,38,40,42,47,51H,7,10,21-22,24-27H2,1-4H3,(H,48,53)/t28-,34+,38-,40+,42-,45+/m1/s1. The van der Waals surface area contributed by atoms with Gasteiger partial charge in [-0.25, -0.2) is 0 Å². The highest BCUT2D eigenvalue weighted by atomic mass is 79.9. The molecule has 6 atom stereocenters. The van der Waals surface area contributed by atoms with Crippen LogP contribution >= 0.6 is 15.9 Å². The maximum Gasteiger partial charge on any atom is 0.264 e. The zero-order valence-electron chi connectivity index (χ0n) is 33.0. The number of rotatable bonds is 10. The van der Waals surface area contributed by atoms with Gasteiger partial charge in [0.2, 0.25) is 11.8 Å². The summed E-state index contributed by atoms with van der Waals surface area (Å²) >= 11 is 3.70. The Morgan fingerprint density at radius 3 is 2.46 bits per heavy atom. The fraction of sp³-hybridized carbons (Fsp3) is 0.400. The lowest BCUT2D eigenvalue weighted by Crippen LogP contribution is -2.52. The second-order valence-electron chi connectivity index (χ2n) is 16.6. The molecule has 4 heterocycles. The number of amides is 3. The van der Waals surface area contributed by atoms with Gasteiger partial charge in [-0.05, 0) is 90.5 Å². The summed E-state index contributed by atoms with van der Waals surface area (Å²) in [6.07, 6.45) is 1.91. The molecule has 2 saturated heterocycles. The fourth-order valence-corrected chi connectivity index (χ4v) is 14.4. The Morgan fingerprint density at radius 1 is 1.04 bits per heavy atom. The van der Waals surface area contributed by atoms with Crippen molar-refractivity contribution >= 4 is 58.3 Å². The van der Waals surface area contributed by atoms with Gasteiger partial charge in [-0.2, -0.15) is 0 Å². The molecule has 0 aliphatic carbocycles. The van der Waals surface area contributed by atoms with Gasteiger partial charge in [0.25, 0.3) is 5.91 Å². The highest BCUT2D eigenvalue weighted by Crippen LogP contribution is 2.60. The van der Waals surface area contributed by atoms with Crippen molar-refractivity contribution in [3.05, 3.63) is 118 Å². The van der Waals surface area contributed by atoms with Gasteiger partial charge in [-0.15, -0.1) is 0 Å². The molecule has 0 saturated carbocycles. The van der Waals surface area contributed by atoms with E-state index in [9.17, 15) is 14.7 Å². The van der Waals surface area contributed by atoms with Crippen LogP contribution in [0.2, 0.25) is 18.6 Å². The SMILES string of the molecule is COc1ccc([Si](C)(C)[C@H]2[C@H](CC(=O)N3Cc4ccccc4C[C@H]3CO)O[C@@]3(C(=O)N(Cc4ccc(NC(=O)[C@H]5CCCN5)cc4)c4ccc(Br)cc43)[C@@H]2C)cc1. The minimum absolute atomic E-state index is 0.0375. The Kier molecular flexibility index (Phi) is 10.9. The topological polar surface area (TPSA) is 120 Å². The van der Waals surface area contributed by atoms with Crippen molar-refractivity contribution in [2.45, 2.75) is 88.1 Å². The molecule has 3 N–H and O–H groups in total. The molecule has 4 aliphatic heterocycles. The Labute approximate surface area is 344 Å². The van der Waals surface area contributed by atoms with Crippen LogP contribution in [0.5, 0.6) is 5.75 Å². The number of carbonyl (C=O) groups is 3. The lowest BCUT2D eigenvalue weighted by atomic mass is 9.82. The van der Waals surface area contributed by atoms with Gasteiger partial charge in [0, 0.05) is 28.2 Å². The van der Waals surface area contributed by atoms with Gasteiger partial charge in [0.05, 0.1) is 58.6 Å². The number of anilines is 2. The number of ether oxygens (including phenoxy) is 2. The van der Waals surface area contributed by atoms with E-state index in [1.165, 1.54) is 5.19 Å². The summed E-state index contributed by atoms with van der Waals surface area (Å²) in [5.41, 5.74) is 3.96. The van der Waals surface area contributed by atoms with E-state index in [1.54, 1.807) is 7.11 Å². The lowest BCUT2D eigenvalue weighted by Gasteiger charge is -2.39. The van der Waals surface area contributed by atoms with E-state index in [0.717, 1.165) is 57.5 Å². The van der Waals surface area contributed by atoms with Crippen LogP contribution in [0.4, 0.5) is 11.4 Å². The van der Waals surface area contributed by atoms with Crippen LogP contribution in [0.3, 0.4) is 0 Å². The van der Waals surface area contributed by atoms with Crippen LogP contribution in [-0.4, -0.2) is 74.3 Å². The monoisotopic (exact) mass is 850 g/mol. The second kappa shape index (κ2) is 15.8. The predicted molar refractivity (Wildman–Crippen MR) is 227 cm³/mol. The molecule has 0 aromatic heterocycles. The first kappa shape index (κ1) is 39.5. The van der Waals surface area contributed by atoms with Crippen molar-refractivity contribution < 1.29 is 29.0 Å². The van der Waals surface area contributed by atoms with Crippen molar-refractivity contribution in [2.75, 3.05) is 30.5 Å². The maximum atomic E-state index is 15.3. The molecular formula is C45H51BrN4O6Si. The summed E-state index contributed by atoms with van der Waals surface area (Å²) in [6.45, 7) is 8.19. The third kappa shape index (κ3) is 7.13. The smallest absolute Gasteiger partial charge is 0.264 e. The Morgan fingerprint density at radius 2 is 1.77 bits per heavy atom. The van der Waals surface area contributed by atoms with E-state index in [0.29, 0.717) is 25.2 Å². The van der Waals surface area contributed by atoms with E-state index < -0.39 is 19.8 Å². The Bertz CT molecular complexity index is 2160. The molecule has 4 aliphatic rings. The van der Waals surface area contributed by atoms with Crippen molar-refractivity contribution in [3.8, 4) is 5.75 Å². The summed E-state index contributed by atoms with van der Waals surface area (Å²) < 4.78 is 13.6. The summed E-state index contributed by atoms with van der Waals surface area (Å²) in [6, 6.07) is 29.4. The van der Waals surface area contributed by atoms with Gasteiger partial charge in [-0.3, -0.25) is 14.4 Å². The number of carbonyl (C=O) groups excluding carboxylic acids is 3. The third-order valence-electron chi connectivity index (χ3n) is 13.0. The molecule has 4 aromatic rings. The number of halogens is 1. The summed E-state index contributed by atoms with van der Waals surface area (Å²) in [4.78, 5) is 46.3. The largest absolute Gasteiger partial charge is 0.497 e. The number of hydrogen-bond acceptors (Lipinski definition) is 7. The molecular weight excluding hydrogens is 801 g/mol. The fourth-order valence-electron chi connectivity index (χ4n) is 9.99. The maximum absolute atomic E-state index is 15.3. The van der Waals surface area contributed by atoms with Crippen molar-refractivity contribution in [2.24, 2.45) is 5.92 Å². The molecule has 10 nitrogen and oxygen atoms in total. The number of benzene rings is 4. The lowest BCUT2D eigenvalue weighted by molar-refractivity contribution is -0.151. The average molecular weight is 852 g/mol. The number of aliphatic hydroxyl groups excluding tert-OH is 1. The Balaban J connectivity index is 1.13. The van der Waals surface area contributed by atoms with Crippen LogP contribution in [0, 0.1) is 5.92 Å². The number of hydrogen-bond donors (Lipinski definition) is 3. The van der Waals surface area contributed by atoms with Gasteiger partial charge in [0.15, 0.2) is 5.60 Å². The van der Waals surface area contributed by atoms with E-state index in [4.69, 9.17) is 9.47 Å². The average Bonchev–Trinajstić information content (AvgIpc) is 3.92. The van der Waals surface area contributed by atoms with Crippen LogP contribution < -0.4 is 25.5 Å². The van der Waals surface area contributed by atoms with Crippen molar-refractivity contribution in [3.63, 3.8) is 0 Å². The number of fused-ring (bicyclic) bond motifs is 3. The van der Waals surface area contributed by atoms with E-state index >= 15 is 4.79 Å². The molecule has 8 rings (SSSR count). The molecule has 57 heavy (non-hydrogen) atoms. The number of nitrogens with one attached hydrogen (secondary N) is 2. The van der Waals surface area contributed by atoms with Crippen molar-refractivity contribution in [1.29, 1.82) is 0 Å². The van der Waals surface area contributed by atoms with Crippen molar-refractivity contribution in [1.82, 2.24) is 10.2 Å². The zero-order valence-corrected chi connectivity index (χ0v) is 35.6. The molecule has 4 aromatic carbocycles. The van der Waals surface area contributed by atoms with E-state index in [-0.39, 0.29) is 54.3 Å². The highest BCUT2D eigenvalue weighted by Gasteiger charge is 2.66. The van der Waals surface area contributed by atoms with Gasteiger partial charge in [0.1, 0.15) is 5.75 Å². The predicted octanol–water partition coefficient (Wildman–Crippen LogP) is 6.25. The molecule has 0 radical (unpaired) electrons. The molecule has 2 fully saturated rings. The van der Waals surface area contributed by atoms with Gasteiger partial charge >= 0.3 is 0 Å². The molecule has 3 amide bonds. The van der Waals surface area contributed by atoms with Crippen LogP contribution in [-0.2, 0) is 44.2 Å². The van der Waals surface area contributed by atoms with Gasteiger partial charge < -0.3 is 35.0 Å². The van der Waals surface area contributed by atoms with Crippen LogP contribution in [0.1, 0.15) is 48.4 Å². The summed E-state index contributed by atoms with van der Waals surface area (Å²) in [7, 11) is -0.858. The molecule has 1 spiro atoms. The second-order valence-corrected chi connectivity index (χ2v) is 22.2. The first-order chi connectivity index (χ1) is 27.4. The summed E-state index contributed by atoms with van der Waals surface area (Å²) in [5.74, 6) is 0.207. The van der Waals surface area contributed by atoms with E-state index in [1.807, 2.05) is 82.6 Å². The van der Waals surface area contributed by atoms with Gasteiger partial charge in [-0.1, -0.05) is 89.7 Å². The normalized spacial score (nSPS) is 25.4. The van der Waals surface area contributed by atoms with E-state index in [2.05, 4.69) is 64.8 Å². The first-order valence-electron chi connectivity index (χ1n) is 20.0. The van der Waals surface area contributed by atoms with Crippen LogP contribution in [0.25, 0.3) is 0 Å². The molecule has 0 unspecified atom stereocenters. The van der Waals surface area contributed by atoms with Crippen LogP contribution in [0.15, 0.2) is 95.5 Å². The zero-order chi connectivity index (χ0) is 40.1. The quantitative estimate of drug-likeness (QED) is 0.162. The minimum Gasteiger partial charge on any atom is -0.497 e. The number of aliphatic hydroxyl groups is 1. The minimum atomic E-state index is -2.51. The molecule has 298 valence electrons.